The summed E-state index contributed by atoms with van der Waals surface area (Å²) < 4.78 is 60.3. The van der Waals surface area contributed by atoms with Crippen LogP contribution in [0, 0.1) is 5.41 Å². The van der Waals surface area contributed by atoms with E-state index in [0.717, 1.165) is 5.56 Å². The summed E-state index contributed by atoms with van der Waals surface area (Å²) in [5.41, 5.74) is 0.633. The Bertz CT molecular complexity index is 1730. The summed E-state index contributed by atoms with van der Waals surface area (Å²) >= 11 is 0. The number of hydrogen-bond donors (Lipinski definition) is 4. The van der Waals surface area contributed by atoms with Gasteiger partial charge in [-0.15, -0.1) is 0 Å². The minimum atomic E-state index is -4.81. The Morgan fingerprint density at radius 2 is 1.92 bits per heavy atom. The number of nitrogens with zero attached hydrogens (tertiary/aromatic N) is 5. The van der Waals surface area contributed by atoms with Crippen molar-refractivity contribution in [2.24, 2.45) is 5.41 Å². The van der Waals surface area contributed by atoms with Gasteiger partial charge < -0.3 is 35.1 Å². The second-order valence-electron chi connectivity index (χ2n) is 11.0. The number of ether oxygens (including phenoxy) is 2. The van der Waals surface area contributed by atoms with E-state index >= 15 is 0 Å². The number of anilines is 4. The zero-order valence-electron chi connectivity index (χ0n) is 26.5. The maximum atomic E-state index is 14.1. The Morgan fingerprint density at radius 3 is 2.58 bits per heavy atom. The molecule has 3 aromatic heterocycles. The highest BCUT2D eigenvalue weighted by Crippen LogP contribution is 2.37. The number of aliphatic hydroxyl groups is 1. The topological polar surface area (TPSA) is 158 Å². The molecule has 4 aromatic rings. The van der Waals surface area contributed by atoms with Crippen molar-refractivity contribution >= 4 is 37.9 Å². The number of nitrogens with one attached hydrogen (secondary N) is 3. The van der Waals surface area contributed by atoms with Crippen LogP contribution in [0.25, 0.3) is 11.3 Å². The summed E-state index contributed by atoms with van der Waals surface area (Å²) in [6, 6.07) is 8.40. The normalized spacial score (nSPS) is 14.1. The zero-order chi connectivity index (χ0) is 34.3. The lowest BCUT2D eigenvalue weighted by Gasteiger charge is -2.39. The molecule has 0 spiro atoms. The van der Waals surface area contributed by atoms with Crippen molar-refractivity contribution in [1.29, 1.82) is 0 Å². The standard InChI is InChI=1S/C31H36F3N8O5P/c1-4-35-28(44)26-24(9-8-22(38-26)20-11-37-42(13-20)15-30(16-43)17-46-18-30)39-27-21(31(32,33)34)12-36-29(41-27)40-23-7-6-19(10-25(23)45-3)14-48-47-5-2/h6-13,43,48H,4-5,14-18H2,1-3H3,(H,35,44)(H2,36,39,40,41). The van der Waals surface area contributed by atoms with Crippen molar-refractivity contribution in [3.05, 3.63) is 65.7 Å². The van der Waals surface area contributed by atoms with Crippen LogP contribution in [-0.4, -0.2) is 75.8 Å². The average Bonchev–Trinajstić information content (AvgIpc) is 3.52. The summed E-state index contributed by atoms with van der Waals surface area (Å²) in [6.07, 6.45) is -0.191. The molecule has 5 rings (SSSR count). The number of aromatic nitrogens is 5. The van der Waals surface area contributed by atoms with Crippen LogP contribution >= 0.6 is 8.81 Å². The molecule has 0 bridgehead atoms. The van der Waals surface area contributed by atoms with Gasteiger partial charge in [-0.2, -0.15) is 23.3 Å². The molecule has 1 saturated heterocycles. The Kier molecular flexibility index (Phi) is 11.1. The Hall–Kier alpha value is -4.37. The minimum Gasteiger partial charge on any atom is -0.495 e. The predicted molar refractivity (Wildman–Crippen MR) is 174 cm³/mol. The number of amides is 1. The third-order valence-corrected chi connectivity index (χ3v) is 8.45. The maximum Gasteiger partial charge on any atom is 0.421 e. The molecule has 256 valence electrons. The van der Waals surface area contributed by atoms with E-state index < -0.39 is 28.9 Å². The third kappa shape index (κ3) is 8.19. The van der Waals surface area contributed by atoms with Gasteiger partial charge in [-0.1, -0.05) is 6.07 Å². The van der Waals surface area contributed by atoms with Gasteiger partial charge in [0.2, 0.25) is 5.95 Å². The molecule has 1 atom stereocenters. The molecule has 0 aliphatic carbocycles. The van der Waals surface area contributed by atoms with Crippen molar-refractivity contribution in [1.82, 2.24) is 30.0 Å². The number of aliphatic hydroxyl groups excluding tert-OH is 1. The minimum absolute atomic E-state index is 0.00448. The number of halogens is 3. The molecule has 13 nitrogen and oxygen atoms in total. The van der Waals surface area contributed by atoms with E-state index in [1.807, 2.05) is 13.0 Å². The Balaban J connectivity index is 1.44. The van der Waals surface area contributed by atoms with Crippen LogP contribution in [0.5, 0.6) is 5.75 Å². The fraction of sp³-hybridized carbons (Fsp3) is 0.387. The molecular weight excluding hydrogens is 652 g/mol. The van der Waals surface area contributed by atoms with Crippen LogP contribution in [0.1, 0.15) is 35.5 Å². The molecule has 4 N–H and O–H groups in total. The fourth-order valence-corrected chi connectivity index (χ4v) is 5.56. The summed E-state index contributed by atoms with van der Waals surface area (Å²) in [5, 5.41) is 22.4. The number of rotatable bonds is 15. The maximum absolute atomic E-state index is 14.1. The van der Waals surface area contributed by atoms with Crippen molar-refractivity contribution < 1.29 is 37.1 Å². The van der Waals surface area contributed by atoms with Crippen LogP contribution in [0.2, 0.25) is 0 Å². The zero-order valence-corrected chi connectivity index (χ0v) is 27.5. The van der Waals surface area contributed by atoms with Gasteiger partial charge in [0.15, 0.2) is 5.69 Å². The summed E-state index contributed by atoms with van der Waals surface area (Å²) in [4.78, 5) is 25.7. The third-order valence-electron chi connectivity index (χ3n) is 7.41. The first kappa shape index (κ1) is 35.0. The highest BCUT2D eigenvalue weighted by Gasteiger charge is 2.39. The van der Waals surface area contributed by atoms with Crippen molar-refractivity contribution in [2.45, 2.75) is 32.7 Å². The van der Waals surface area contributed by atoms with Gasteiger partial charge in [-0.05, 0) is 43.7 Å². The highest BCUT2D eigenvalue weighted by atomic mass is 31.1. The number of benzene rings is 1. The van der Waals surface area contributed by atoms with Crippen LogP contribution in [0.3, 0.4) is 0 Å². The van der Waals surface area contributed by atoms with Crippen LogP contribution in [0.15, 0.2) is 48.9 Å². The molecule has 0 saturated carbocycles. The highest BCUT2D eigenvalue weighted by molar-refractivity contribution is 7.31. The summed E-state index contributed by atoms with van der Waals surface area (Å²) in [7, 11) is 1.76. The predicted octanol–water partition coefficient (Wildman–Crippen LogP) is 5.14. The lowest BCUT2D eigenvalue weighted by Crippen LogP contribution is -2.48. The Labute approximate surface area is 276 Å². The lowest BCUT2D eigenvalue weighted by molar-refractivity contribution is -0.146. The van der Waals surface area contributed by atoms with E-state index in [2.05, 4.69) is 36.0 Å². The van der Waals surface area contributed by atoms with Crippen molar-refractivity contribution in [3.8, 4) is 17.0 Å². The van der Waals surface area contributed by atoms with Gasteiger partial charge in [0.25, 0.3) is 5.91 Å². The van der Waals surface area contributed by atoms with Crippen molar-refractivity contribution in [2.75, 3.05) is 50.7 Å². The quantitative estimate of drug-likeness (QED) is 0.0969. The van der Waals surface area contributed by atoms with Crippen LogP contribution in [-0.2, 0) is 28.1 Å². The van der Waals surface area contributed by atoms with Gasteiger partial charge in [-0.25, -0.2) is 9.97 Å². The monoisotopic (exact) mass is 688 g/mol. The van der Waals surface area contributed by atoms with E-state index in [-0.39, 0.29) is 39.3 Å². The molecule has 1 amide bonds. The van der Waals surface area contributed by atoms with Gasteiger partial charge in [-0.3, -0.25) is 9.48 Å². The molecule has 1 unspecified atom stereocenters. The van der Waals surface area contributed by atoms with Crippen LogP contribution in [0.4, 0.5) is 36.3 Å². The largest absolute Gasteiger partial charge is 0.495 e. The van der Waals surface area contributed by atoms with Crippen molar-refractivity contribution in [3.63, 3.8) is 0 Å². The first-order valence-electron chi connectivity index (χ1n) is 15.1. The summed E-state index contributed by atoms with van der Waals surface area (Å²) in [5.74, 6) is -0.878. The fourth-order valence-electron chi connectivity index (χ4n) is 4.87. The second kappa shape index (κ2) is 15.2. The number of hydrogen-bond acceptors (Lipinski definition) is 11. The smallest absolute Gasteiger partial charge is 0.421 e. The molecule has 1 aromatic carbocycles. The molecule has 1 aliphatic rings. The van der Waals surface area contributed by atoms with Gasteiger partial charge in [0, 0.05) is 46.1 Å². The average molecular weight is 689 g/mol. The van der Waals surface area contributed by atoms with E-state index in [0.29, 0.717) is 61.4 Å². The van der Waals surface area contributed by atoms with Gasteiger partial charge in [0.05, 0.1) is 62.2 Å². The van der Waals surface area contributed by atoms with Gasteiger partial charge >= 0.3 is 6.18 Å². The number of pyridine rings is 1. The molecular formula is C31H36F3N8O5P. The first-order valence-corrected chi connectivity index (χ1v) is 16.2. The molecule has 48 heavy (non-hydrogen) atoms. The van der Waals surface area contributed by atoms with E-state index in [1.54, 1.807) is 42.2 Å². The van der Waals surface area contributed by atoms with Gasteiger partial charge in [0.1, 0.15) is 17.1 Å². The number of carbonyl (C=O) groups is 1. The Morgan fingerprint density at radius 1 is 1.12 bits per heavy atom. The SMILES string of the molecule is CCNC(=O)c1nc(-c2cnn(CC3(CO)COC3)c2)ccc1Nc1nc(Nc2ccc(CPOCC)cc2OC)ncc1C(F)(F)F. The lowest BCUT2D eigenvalue weighted by atomic mass is 9.87. The molecule has 0 radical (unpaired) electrons. The second-order valence-corrected chi connectivity index (χ2v) is 12.0. The number of carbonyl (C=O) groups excluding carboxylic acids is 1. The number of alkyl halides is 3. The molecule has 1 fully saturated rings. The molecule has 17 heteroatoms. The van der Waals surface area contributed by atoms with E-state index in [9.17, 15) is 23.1 Å². The molecule has 4 heterocycles. The van der Waals surface area contributed by atoms with E-state index in [4.69, 9.17) is 14.0 Å². The molecule has 1 aliphatic heterocycles. The van der Waals surface area contributed by atoms with E-state index in [1.165, 1.54) is 13.2 Å². The number of methoxy groups -OCH3 is 1. The summed E-state index contributed by atoms with van der Waals surface area (Å²) in [6.45, 7) is 5.68. The first-order chi connectivity index (χ1) is 23.1. The van der Waals surface area contributed by atoms with Crippen LogP contribution < -0.4 is 20.7 Å².